The smallest absolute Gasteiger partial charge is 0.265 e. The van der Waals surface area contributed by atoms with Crippen molar-refractivity contribution in [2.45, 2.75) is 26.4 Å². The van der Waals surface area contributed by atoms with E-state index in [9.17, 15) is 14.4 Å². The third-order valence-corrected chi connectivity index (χ3v) is 3.89. The summed E-state index contributed by atoms with van der Waals surface area (Å²) in [5.41, 5.74) is 2.42. The Morgan fingerprint density at radius 2 is 2.00 bits per heavy atom. The molecule has 0 fully saturated rings. The van der Waals surface area contributed by atoms with E-state index >= 15 is 0 Å². The second kappa shape index (κ2) is 6.76. The van der Waals surface area contributed by atoms with E-state index in [1.165, 1.54) is 6.92 Å². The van der Waals surface area contributed by atoms with Crippen LogP contribution in [0.3, 0.4) is 0 Å². The van der Waals surface area contributed by atoms with Crippen LogP contribution in [0.2, 0.25) is 0 Å². The van der Waals surface area contributed by atoms with Gasteiger partial charge in [-0.05, 0) is 43.7 Å². The molecule has 6 heteroatoms. The molecule has 1 unspecified atom stereocenters. The highest BCUT2D eigenvalue weighted by molar-refractivity contribution is 5.99. The molecule has 0 saturated carbocycles. The van der Waals surface area contributed by atoms with Crippen LogP contribution >= 0.6 is 0 Å². The quantitative estimate of drug-likeness (QED) is 0.840. The van der Waals surface area contributed by atoms with Crippen molar-refractivity contribution >= 4 is 29.0 Å². The van der Waals surface area contributed by atoms with Crippen LogP contribution in [0.5, 0.6) is 5.75 Å². The number of anilines is 2. The Morgan fingerprint density at radius 1 is 1.20 bits per heavy atom. The number of ketones is 1. The molecule has 1 aliphatic heterocycles. The summed E-state index contributed by atoms with van der Waals surface area (Å²) < 4.78 is 5.49. The molecule has 0 spiro atoms. The van der Waals surface area contributed by atoms with E-state index in [0.29, 0.717) is 22.7 Å². The zero-order valence-corrected chi connectivity index (χ0v) is 14.0. The molecule has 25 heavy (non-hydrogen) atoms. The van der Waals surface area contributed by atoms with Crippen LogP contribution in [0, 0.1) is 0 Å². The maximum Gasteiger partial charge on any atom is 0.265 e. The Labute approximate surface area is 145 Å². The minimum Gasteiger partial charge on any atom is -0.479 e. The van der Waals surface area contributed by atoms with Crippen molar-refractivity contribution in [1.82, 2.24) is 0 Å². The first kappa shape index (κ1) is 16.7. The highest BCUT2D eigenvalue weighted by Gasteiger charge is 2.23. The molecule has 0 bridgehead atoms. The molecule has 0 saturated heterocycles. The van der Waals surface area contributed by atoms with Gasteiger partial charge in [0.25, 0.3) is 5.91 Å². The van der Waals surface area contributed by atoms with Crippen LogP contribution in [-0.2, 0) is 16.0 Å². The maximum absolute atomic E-state index is 12.2. The van der Waals surface area contributed by atoms with E-state index in [1.54, 1.807) is 49.4 Å². The number of rotatable bonds is 4. The predicted octanol–water partition coefficient (Wildman–Crippen LogP) is 2.79. The number of fused-ring (bicyclic) bond motifs is 1. The second-order valence-corrected chi connectivity index (χ2v) is 5.94. The van der Waals surface area contributed by atoms with Crippen molar-refractivity contribution in [2.75, 3.05) is 10.6 Å². The Morgan fingerprint density at radius 3 is 2.76 bits per heavy atom. The molecule has 1 atom stereocenters. The number of hydrogen-bond donors (Lipinski definition) is 2. The molecule has 0 aromatic heterocycles. The average Bonchev–Trinajstić information content (AvgIpc) is 2.56. The number of hydrogen-bond acceptors (Lipinski definition) is 4. The highest BCUT2D eigenvalue weighted by Crippen LogP contribution is 2.30. The van der Waals surface area contributed by atoms with E-state index < -0.39 is 6.10 Å². The van der Waals surface area contributed by atoms with Crippen molar-refractivity contribution in [1.29, 1.82) is 0 Å². The predicted molar refractivity (Wildman–Crippen MR) is 93.9 cm³/mol. The van der Waals surface area contributed by atoms with E-state index in [4.69, 9.17) is 4.74 Å². The second-order valence-electron chi connectivity index (χ2n) is 5.94. The summed E-state index contributed by atoms with van der Waals surface area (Å²) in [6.07, 6.45) is -0.390. The molecule has 2 aromatic carbocycles. The number of carbonyl (C=O) groups is 3. The van der Waals surface area contributed by atoms with Gasteiger partial charge in [-0.25, -0.2) is 0 Å². The molecule has 0 radical (unpaired) electrons. The molecule has 128 valence electrons. The van der Waals surface area contributed by atoms with Crippen LogP contribution in [-0.4, -0.2) is 23.7 Å². The van der Waals surface area contributed by atoms with Gasteiger partial charge in [-0.15, -0.1) is 0 Å². The summed E-state index contributed by atoms with van der Waals surface area (Å²) >= 11 is 0. The van der Waals surface area contributed by atoms with Gasteiger partial charge < -0.3 is 15.4 Å². The zero-order valence-electron chi connectivity index (χ0n) is 14.0. The molecule has 1 heterocycles. The van der Waals surface area contributed by atoms with Crippen LogP contribution in [0.1, 0.15) is 29.8 Å². The van der Waals surface area contributed by atoms with Crippen molar-refractivity contribution in [3.63, 3.8) is 0 Å². The maximum atomic E-state index is 12.2. The Kier molecular flexibility index (Phi) is 4.52. The summed E-state index contributed by atoms with van der Waals surface area (Å²) in [6, 6.07) is 12.0. The molecule has 2 aromatic rings. The molecular formula is C19H18N2O4. The molecule has 0 aliphatic carbocycles. The van der Waals surface area contributed by atoms with E-state index in [2.05, 4.69) is 10.6 Å². The van der Waals surface area contributed by atoms with E-state index in [1.807, 2.05) is 0 Å². The van der Waals surface area contributed by atoms with Crippen LogP contribution in [0.15, 0.2) is 42.5 Å². The lowest BCUT2D eigenvalue weighted by molar-refractivity contribution is -0.122. The number of carbonyl (C=O) groups excluding carboxylic acids is 3. The minimum atomic E-state index is -0.532. The Hall–Kier alpha value is -3.15. The van der Waals surface area contributed by atoms with Crippen molar-refractivity contribution < 1.29 is 19.1 Å². The van der Waals surface area contributed by atoms with E-state index in [-0.39, 0.29) is 24.0 Å². The first-order chi connectivity index (χ1) is 11.9. The van der Waals surface area contributed by atoms with Crippen molar-refractivity contribution in [3.05, 3.63) is 53.6 Å². The topological polar surface area (TPSA) is 84.5 Å². The molecule has 1 aliphatic rings. The van der Waals surface area contributed by atoms with Gasteiger partial charge in [-0.2, -0.15) is 0 Å². The molecule has 3 rings (SSSR count). The molecule has 6 nitrogen and oxygen atoms in total. The fourth-order valence-electron chi connectivity index (χ4n) is 2.57. The normalized spacial score (nSPS) is 15.6. The standard InChI is InChI=1S/C19H18N2O4/c1-11(22)14-4-3-5-15(10-14)20-18(23)9-13-6-7-17-16(8-13)21-19(24)12(2)25-17/h3-8,10,12H,9H2,1-2H3,(H,20,23)(H,21,24). The number of benzene rings is 2. The van der Waals surface area contributed by atoms with Crippen LogP contribution in [0.4, 0.5) is 11.4 Å². The lowest BCUT2D eigenvalue weighted by Crippen LogP contribution is -2.34. The molecule has 2 N–H and O–H groups in total. The molecular weight excluding hydrogens is 320 g/mol. The van der Waals surface area contributed by atoms with Gasteiger partial charge in [0.2, 0.25) is 5.91 Å². The fourth-order valence-corrected chi connectivity index (χ4v) is 2.57. The zero-order chi connectivity index (χ0) is 18.0. The first-order valence-electron chi connectivity index (χ1n) is 7.93. The lowest BCUT2D eigenvalue weighted by Gasteiger charge is -2.23. The first-order valence-corrected chi connectivity index (χ1v) is 7.93. The molecule has 2 amide bonds. The average molecular weight is 338 g/mol. The summed E-state index contributed by atoms with van der Waals surface area (Å²) in [7, 11) is 0. The van der Waals surface area contributed by atoms with E-state index in [0.717, 1.165) is 5.56 Å². The Bertz CT molecular complexity index is 860. The van der Waals surface area contributed by atoms with Crippen LogP contribution in [0.25, 0.3) is 0 Å². The van der Waals surface area contributed by atoms with Crippen molar-refractivity contribution in [2.24, 2.45) is 0 Å². The van der Waals surface area contributed by atoms with Gasteiger partial charge in [0.1, 0.15) is 5.75 Å². The SMILES string of the molecule is CC(=O)c1cccc(NC(=O)Cc2ccc3c(c2)NC(=O)C(C)O3)c1. The van der Waals surface area contributed by atoms with Crippen LogP contribution < -0.4 is 15.4 Å². The number of amides is 2. The van der Waals surface area contributed by atoms with Gasteiger partial charge in [-0.3, -0.25) is 14.4 Å². The van der Waals surface area contributed by atoms with Gasteiger partial charge in [0, 0.05) is 11.3 Å². The minimum absolute atomic E-state index is 0.0595. The number of ether oxygens (including phenoxy) is 1. The summed E-state index contributed by atoms with van der Waals surface area (Å²) in [4.78, 5) is 35.3. The van der Waals surface area contributed by atoms with Crippen molar-refractivity contribution in [3.8, 4) is 5.75 Å². The lowest BCUT2D eigenvalue weighted by atomic mass is 10.1. The van der Waals surface area contributed by atoms with Gasteiger partial charge in [-0.1, -0.05) is 18.2 Å². The third-order valence-electron chi connectivity index (χ3n) is 3.89. The largest absolute Gasteiger partial charge is 0.479 e. The van der Waals surface area contributed by atoms with Gasteiger partial charge in [0.05, 0.1) is 12.1 Å². The third kappa shape index (κ3) is 3.85. The van der Waals surface area contributed by atoms with Gasteiger partial charge in [0.15, 0.2) is 11.9 Å². The highest BCUT2D eigenvalue weighted by atomic mass is 16.5. The number of Topliss-reactive ketones (excluding diaryl/α,β-unsaturated/α-hetero) is 1. The summed E-state index contributed by atoms with van der Waals surface area (Å²) in [5, 5.41) is 5.53. The summed E-state index contributed by atoms with van der Waals surface area (Å²) in [5.74, 6) is 0.105. The Balaban J connectivity index is 1.69. The van der Waals surface area contributed by atoms with Gasteiger partial charge >= 0.3 is 0 Å². The number of nitrogens with one attached hydrogen (secondary N) is 2. The fraction of sp³-hybridized carbons (Fsp3) is 0.211. The monoisotopic (exact) mass is 338 g/mol. The summed E-state index contributed by atoms with van der Waals surface area (Å²) in [6.45, 7) is 3.15.